The summed E-state index contributed by atoms with van der Waals surface area (Å²) < 4.78 is 1.99. The first-order valence-corrected chi connectivity index (χ1v) is 10.8. The summed E-state index contributed by atoms with van der Waals surface area (Å²) >= 11 is 0. The number of fused-ring (bicyclic) bond motifs is 1. The van der Waals surface area contributed by atoms with E-state index in [4.69, 9.17) is 0 Å². The number of hydrogen-bond donors (Lipinski definition) is 1. The second kappa shape index (κ2) is 7.32. The fourth-order valence-corrected chi connectivity index (χ4v) is 4.99. The lowest BCUT2D eigenvalue weighted by atomic mass is 9.86. The second-order valence-electron chi connectivity index (χ2n) is 8.50. The summed E-state index contributed by atoms with van der Waals surface area (Å²) in [5.74, 6) is 0.0712. The van der Waals surface area contributed by atoms with E-state index in [9.17, 15) is 4.79 Å². The zero-order valence-electron chi connectivity index (χ0n) is 16.6. The average Bonchev–Trinajstić information content (AvgIpc) is 3.50. The molecular formula is C22H29N5O. The third kappa shape index (κ3) is 3.13. The van der Waals surface area contributed by atoms with Crippen LogP contribution in [-0.4, -0.2) is 44.9 Å². The van der Waals surface area contributed by atoms with Crippen LogP contribution < -0.4 is 5.32 Å². The van der Waals surface area contributed by atoms with Gasteiger partial charge in [-0.3, -0.25) is 4.79 Å². The van der Waals surface area contributed by atoms with Crippen LogP contribution >= 0.6 is 0 Å². The number of nitrogens with one attached hydrogen (secondary N) is 1. The highest BCUT2D eigenvalue weighted by molar-refractivity contribution is 5.94. The molecule has 2 aliphatic carbocycles. The Morgan fingerprint density at radius 2 is 1.93 bits per heavy atom. The number of carbonyl (C=O) groups excluding carboxylic acids is 1. The Morgan fingerprint density at radius 3 is 2.71 bits per heavy atom. The molecule has 6 heteroatoms. The summed E-state index contributed by atoms with van der Waals surface area (Å²) in [6.45, 7) is 4.01. The molecule has 1 atom stereocenters. The molecule has 1 unspecified atom stereocenters. The molecule has 28 heavy (non-hydrogen) atoms. The number of hydrogen-bond acceptors (Lipinski definition) is 4. The molecule has 0 bridgehead atoms. The Hall–Kier alpha value is -2.21. The highest BCUT2D eigenvalue weighted by Crippen LogP contribution is 2.41. The predicted octanol–water partition coefficient (Wildman–Crippen LogP) is 3.19. The first-order chi connectivity index (χ1) is 13.7. The van der Waals surface area contributed by atoms with Crippen molar-refractivity contribution in [1.29, 1.82) is 0 Å². The summed E-state index contributed by atoms with van der Waals surface area (Å²) in [6.07, 6.45) is 7.59. The summed E-state index contributed by atoms with van der Waals surface area (Å²) in [4.78, 5) is 15.8. The van der Waals surface area contributed by atoms with Crippen LogP contribution in [0.15, 0.2) is 24.3 Å². The number of carbonyl (C=O) groups is 1. The summed E-state index contributed by atoms with van der Waals surface area (Å²) in [6, 6.07) is 9.52. The van der Waals surface area contributed by atoms with Crippen molar-refractivity contribution in [2.45, 2.75) is 70.0 Å². The number of aromatic nitrogens is 3. The molecule has 6 nitrogen and oxygen atoms in total. The van der Waals surface area contributed by atoms with Gasteiger partial charge in [0.1, 0.15) is 0 Å². The van der Waals surface area contributed by atoms with Gasteiger partial charge >= 0.3 is 0 Å². The number of piperidine rings is 1. The Morgan fingerprint density at radius 1 is 1.14 bits per heavy atom. The number of rotatable bonds is 4. The molecule has 1 aromatic heterocycles. The van der Waals surface area contributed by atoms with E-state index in [1.165, 1.54) is 11.1 Å². The van der Waals surface area contributed by atoms with Crippen molar-refractivity contribution in [3.8, 4) is 0 Å². The van der Waals surface area contributed by atoms with E-state index < -0.39 is 0 Å². The normalized spacial score (nSPS) is 22.7. The first kappa shape index (κ1) is 17.9. The summed E-state index contributed by atoms with van der Waals surface area (Å²) in [5.41, 5.74) is 4.20. The Balaban J connectivity index is 1.46. The fraction of sp³-hybridized carbons (Fsp3) is 0.591. The summed E-state index contributed by atoms with van der Waals surface area (Å²) in [7, 11) is 0. The number of nitrogens with zero attached hydrogens (tertiary/aromatic N) is 4. The first-order valence-electron chi connectivity index (χ1n) is 10.8. The van der Waals surface area contributed by atoms with Gasteiger partial charge in [-0.1, -0.05) is 29.5 Å². The molecule has 1 amide bonds. The van der Waals surface area contributed by atoms with Gasteiger partial charge in [0.25, 0.3) is 5.91 Å². The largest absolute Gasteiger partial charge is 0.327 e. The second-order valence-corrected chi connectivity index (χ2v) is 8.50. The van der Waals surface area contributed by atoms with E-state index in [2.05, 4.69) is 44.8 Å². The van der Waals surface area contributed by atoms with Gasteiger partial charge in [-0.2, -0.15) is 0 Å². The fourth-order valence-electron chi connectivity index (χ4n) is 4.99. The Labute approximate surface area is 166 Å². The van der Waals surface area contributed by atoms with Crippen molar-refractivity contribution in [1.82, 2.24) is 25.2 Å². The molecule has 0 radical (unpaired) electrons. The highest BCUT2D eigenvalue weighted by atomic mass is 16.2. The lowest BCUT2D eigenvalue weighted by Crippen LogP contribution is -2.39. The Kier molecular flexibility index (Phi) is 4.67. The van der Waals surface area contributed by atoms with Crippen molar-refractivity contribution < 1.29 is 4.79 Å². The summed E-state index contributed by atoms with van der Waals surface area (Å²) in [5, 5.41) is 12.2. The lowest BCUT2D eigenvalue weighted by Gasteiger charge is -2.36. The molecule has 1 aliphatic heterocycles. The van der Waals surface area contributed by atoms with E-state index in [1.807, 2.05) is 11.6 Å². The van der Waals surface area contributed by atoms with E-state index in [0.29, 0.717) is 17.8 Å². The maximum absolute atomic E-state index is 13.7. The molecule has 2 heterocycles. The van der Waals surface area contributed by atoms with Gasteiger partial charge in [-0.25, -0.2) is 4.68 Å². The minimum Gasteiger partial charge on any atom is -0.327 e. The van der Waals surface area contributed by atoms with Crippen molar-refractivity contribution >= 4 is 5.91 Å². The van der Waals surface area contributed by atoms with Gasteiger partial charge in [0, 0.05) is 6.04 Å². The molecule has 2 fully saturated rings. The van der Waals surface area contributed by atoms with Gasteiger partial charge in [-0.15, -0.1) is 5.10 Å². The average molecular weight is 380 g/mol. The molecule has 1 aromatic carbocycles. The molecule has 0 spiro atoms. The van der Waals surface area contributed by atoms with Crippen molar-refractivity contribution in [3.63, 3.8) is 0 Å². The van der Waals surface area contributed by atoms with Crippen LogP contribution in [0.5, 0.6) is 0 Å². The molecule has 1 saturated heterocycles. The molecule has 1 saturated carbocycles. The van der Waals surface area contributed by atoms with Crippen LogP contribution in [0.3, 0.4) is 0 Å². The zero-order valence-corrected chi connectivity index (χ0v) is 16.6. The van der Waals surface area contributed by atoms with Crippen LogP contribution in [0.1, 0.15) is 77.9 Å². The smallest absolute Gasteiger partial charge is 0.277 e. The van der Waals surface area contributed by atoms with Crippen LogP contribution in [0.2, 0.25) is 0 Å². The third-order valence-corrected chi connectivity index (χ3v) is 6.63. The SMILES string of the molecule is Cc1c(C(=O)N(C2CC2)C2CCCc3ccccc32)nnn1C1CCNCC1. The van der Waals surface area contributed by atoms with Crippen LogP contribution in [0.25, 0.3) is 0 Å². The Bertz CT molecular complexity index is 866. The third-order valence-electron chi connectivity index (χ3n) is 6.63. The minimum atomic E-state index is 0.0712. The minimum absolute atomic E-state index is 0.0712. The van der Waals surface area contributed by atoms with Crippen molar-refractivity contribution in [3.05, 3.63) is 46.8 Å². The molecule has 2 aromatic rings. The maximum atomic E-state index is 13.7. The molecule has 5 rings (SSSR count). The van der Waals surface area contributed by atoms with Crippen LogP contribution in [0.4, 0.5) is 0 Å². The maximum Gasteiger partial charge on any atom is 0.277 e. The van der Waals surface area contributed by atoms with Crippen molar-refractivity contribution in [2.24, 2.45) is 0 Å². The monoisotopic (exact) mass is 379 g/mol. The van der Waals surface area contributed by atoms with E-state index in [1.54, 1.807) is 0 Å². The quantitative estimate of drug-likeness (QED) is 0.886. The number of aryl methyl sites for hydroxylation is 1. The van der Waals surface area contributed by atoms with Gasteiger partial charge in [0.2, 0.25) is 0 Å². The number of benzene rings is 1. The van der Waals surface area contributed by atoms with Gasteiger partial charge in [-0.05, 0) is 76.1 Å². The molecule has 1 N–H and O–H groups in total. The topological polar surface area (TPSA) is 63.1 Å². The highest BCUT2D eigenvalue weighted by Gasteiger charge is 2.41. The molecular weight excluding hydrogens is 350 g/mol. The zero-order chi connectivity index (χ0) is 19.1. The van der Waals surface area contributed by atoms with E-state index in [0.717, 1.165) is 63.7 Å². The van der Waals surface area contributed by atoms with Crippen LogP contribution in [-0.2, 0) is 6.42 Å². The molecule has 148 valence electrons. The van der Waals surface area contributed by atoms with Gasteiger partial charge < -0.3 is 10.2 Å². The lowest BCUT2D eigenvalue weighted by molar-refractivity contribution is 0.0630. The van der Waals surface area contributed by atoms with Gasteiger partial charge in [0.05, 0.1) is 17.8 Å². The predicted molar refractivity (Wildman–Crippen MR) is 107 cm³/mol. The van der Waals surface area contributed by atoms with Gasteiger partial charge in [0.15, 0.2) is 5.69 Å². The standard InChI is InChI=1S/C22H29N5O/c1-15-21(24-25-27(15)18-11-13-23-14-12-18)22(28)26(17-9-10-17)20-8-4-6-16-5-2-3-7-19(16)20/h2-3,5,7,17-18,20,23H,4,6,8-14H2,1H3. The van der Waals surface area contributed by atoms with Crippen LogP contribution in [0, 0.1) is 6.92 Å². The van der Waals surface area contributed by atoms with Crippen molar-refractivity contribution in [2.75, 3.05) is 13.1 Å². The molecule has 3 aliphatic rings. The van der Waals surface area contributed by atoms with E-state index >= 15 is 0 Å². The van der Waals surface area contributed by atoms with E-state index in [-0.39, 0.29) is 11.9 Å². The number of amides is 1.